The molecule has 1 fully saturated rings. The predicted molar refractivity (Wildman–Crippen MR) is 80.6 cm³/mol. The summed E-state index contributed by atoms with van der Waals surface area (Å²) >= 11 is 0. The van der Waals surface area contributed by atoms with Crippen molar-refractivity contribution in [1.29, 1.82) is 0 Å². The number of halogens is 1. The van der Waals surface area contributed by atoms with E-state index in [2.05, 4.69) is 5.32 Å². The molecule has 0 aromatic heterocycles. The number of carbonyl (C=O) groups is 1. The van der Waals surface area contributed by atoms with Gasteiger partial charge in [0.25, 0.3) is 0 Å². The fraction of sp³-hybridized carbons (Fsp3) is 0.588. The zero-order valence-corrected chi connectivity index (χ0v) is 13.0. The van der Waals surface area contributed by atoms with E-state index in [1.54, 1.807) is 12.1 Å². The van der Waals surface area contributed by atoms with Crippen molar-refractivity contribution in [1.82, 2.24) is 5.32 Å². The van der Waals surface area contributed by atoms with Gasteiger partial charge in [-0.2, -0.15) is 0 Å². The van der Waals surface area contributed by atoms with Gasteiger partial charge in [-0.25, -0.2) is 9.18 Å². The quantitative estimate of drug-likeness (QED) is 0.912. The molecule has 0 bridgehead atoms. The Hall–Kier alpha value is -1.58. The Bertz CT molecular complexity index is 496. The molecule has 3 nitrogen and oxygen atoms in total. The lowest BCUT2D eigenvalue weighted by molar-refractivity contribution is 0.0493. The lowest BCUT2D eigenvalue weighted by Crippen LogP contribution is -2.41. The van der Waals surface area contributed by atoms with Gasteiger partial charge in [0.05, 0.1) is 0 Å². The summed E-state index contributed by atoms with van der Waals surface area (Å²) < 4.78 is 18.6. The van der Waals surface area contributed by atoms with E-state index < -0.39 is 5.60 Å². The largest absolute Gasteiger partial charge is 0.444 e. The fourth-order valence-corrected chi connectivity index (χ4v) is 2.90. The number of rotatable bonds is 3. The maximum Gasteiger partial charge on any atom is 0.407 e. The van der Waals surface area contributed by atoms with Gasteiger partial charge in [-0.1, -0.05) is 18.6 Å². The van der Waals surface area contributed by atoms with E-state index >= 15 is 0 Å². The Balaban J connectivity index is 1.93. The van der Waals surface area contributed by atoms with Gasteiger partial charge >= 0.3 is 6.09 Å². The summed E-state index contributed by atoms with van der Waals surface area (Å²) in [5.41, 5.74) is 0.499. The van der Waals surface area contributed by atoms with Crippen LogP contribution in [0.25, 0.3) is 0 Å². The van der Waals surface area contributed by atoms with Crippen molar-refractivity contribution in [3.05, 3.63) is 35.6 Å². The number of benzene rings is 1. The predicted octanol–water partition coefficient (Wildman–Crippen LogP) is 4.06. The van der Waals surface area contributed by atoms with Crippen LogP contribution in [0, 0.1) is 11.7 Å². The van der Waals surface area contributed by atoms with Crippen LogP contribution in [0.4, 0.5) is 9.18 Å². The summed E-state index contributed by atoms with van der Waals surface area (Å²) in [4.78, 5) is 11.9. The Kier molecular flexibility index (Phi) is 4.86. The molecule has 1 aliphatic carbocycles. The highest BCUT2D eigenvalue weighted by Crippen LogP contribution is 2.29. The summed E-state index contributed by atoms with van der Waals surface area (Å²) in [6.45, 7) is 5.56. The first-order valence-corrected chi connectivity index (χ1v) is 7.57. The number of nitrogens with one attached hydrogen (secondary N) is 1. The molecule has 1 N–H and O–H groups in total. The number of hydrogen-bond donors (Lipinski definition) is 1. The normalized spacial score (nSPS) is 22.1. The highest BCUT2D eigenvalue weighted by molar-refractivity contribution is 5.68. The van der Waals surface area contributed by atoms with E-state index in [-0.39, 0.29) is 18.0 Å². The lowest BCUT2D eigenvalue weighted by Gasteiger charge is -2.25. The molecule has 0 saturated heterocycles. The minimum absolute atomic E-state index is 0.114. The summed E-state index contributed by atoms with van der Waals surface area (Å²) in [5, 5.41) is 2.97. The number of amides is 1. The molecule has 2 rings (SSSR count). The maximum atomic E-state index is 13.2. The summed E-state index contributed by atoms with van der Waals surface area (Å²) in [5.74, 6) is 0.140. The molecule has 21 heavy (non-hydrogen) atoms. The molecule has 0 heterocycles. The van der Waals surface area contributed by atoms with Crippen molar-refractivity contribution < 1.29 is 13.9 Å². The van der Waals surface area contributed by atoms with Gasteiger partial charge in [-0.15, -0.1) is 0 Å². The van der Waals surface area contributed by atoms with Crippen molar-refractivity contribution in [3.63, 3.8) is 0 Å². The first-order valence-electron chi connectivity index (χ1n) is 7.57. The lowest BCUT2D eigenvalue weighted by atomic mass is 9.94. The molecular weight excluding hydrogens is 269 g/mol. The summed E-state index contributed by atoms with van der Waals surface area (Å²) in [7, 11) is 0. The molecule has 2 atom stereocenters. The third-order valence-corrected chi connectivity index (χ3v) is 3.75. The van der Waals surface area contributed by atoms with E-state index in [4.69, 9.17) is 4.74 Å². The standard InChI is InChI=1S/C17H24FNO2/c1-17(2,3)21-16(20)19-15-9-5-7-13(15)10-12-6-4-8-14(18)11-12/h4,6,8,11,13,15H,5,7,9-10H2,1-3H3,(H,19,20)/t13-,15+/m1/s1. The highest BCUT2D eigenvalue weighted by Gasteiger charge is 2.30. The molecule has 1 amide bonds. The van der Waals surface area contributed by atoms with Gasteiger partial charge in [0.2, 0.25) is 0 Å². The average molecular weight is 293 g/mol. The molecule has 4 heteroatoms. The zero-order valence-electron chi connectivity index (χ0n) is 13.0. The third kappa shape index (κ3) is 5.03. The van der Waals surface area contributed by atoms with Crippen molar-refractivity contribution >= 4 is 6.09 Å². The monoisotopic (exact) mass is 293 g/mol. The first-order chi connectivity index (χ1) is 9.83. The highest BCUT2D eigenvalue weighted by atomic mass is 19.1. The molecule has 1 aliphatic rings. The molecular formula is C17H24FNO2. The molecule has 116 valence electrons. The maximum absolute atomic E-state index is 13.2. The van der Waals surface area contributed by atoms with Crippen LogP contribution in [0.5, 0.6) is 0 Å². The van der Waals surface area contributed by atoms with Gasteiger partial charge in [0, 0.05) is 6.04 Å². The minimum atomic E-state index is -0.485. The molecule has 1 aromatic rings. The summed E-state index contributed by atoms with van der Waals surface area (Å²) in [6.07, 6.45) is 3.52. The SMILES string of the molecule is CC(C)(C)OC(=O)N[C@H]1CCC[C@@H]1Cc1cccc(F)c1. The molecule has 1 aromatic carbocycles. The topological polar surface area (TPSA) is 38.3 Å². The third-order valence-electron chi connectivity index (χ3n) is 3.75. The van der Waals surface area contributed by atoms with Crippen LogP contribution in [0.1, 0.15) is 45.6 Å². The fourth-order valence-electron chi connectivity index (χ4n) is 2.90. The Morgan fingerprint density at radius 3 is 2.81 bits per heavy atom. The molecule has 1 saturated carbocycles. The second-order valence-corrected chi connectivity index (χ2v) is 6.78. The van der Waals surface area contributed by atoms with Crippen LogP contribution in [0.3, 0.4) is 0 Å². The van der Waals surface area contributed by atoms with Gasteiger partial charge in [0.15, 0.2) is 0 Å². The van der Waals surface area contributed by atoms with Crippen LogP contribution >= 0.6 is 0 Å². The smallest absolute Gasteiger partial charge is 0.407 e. The number of carbonyl (C=O) groups excluding carboxylic acids is 1. The Labute approximate surface area is 125 Å². The minimum Gasteiger partial charge on any atom is -0.444 e. The molecule has 0 aliphatic heterocycles. The van der Waals surface area contributed by atoms with Crippen molar-refractivity contribution in [3.8, 4) is 0 Å². The summed E-state index contributed by atoms with van der Waals surface area (Å²) in [6, 6.07) is 6.81. The Morgan fingerprint density at radius 2 is 2.14 bits per heavy atom. The van der Waals surface area contributed by atoms with Crippen molar-refractivity contribution in [2.24, 2.45) is 5.92 Å². The van der Waals surface area contributed by atoms with E-state index in [9.17, 15) is 9.18 Å². The van der Waals surface area contributed by atoms with Crippen LogP contribution in [-0.4, -0.2) is 17.7 Å². The zero-order chi connectivity index (χ0) is 15.5. The number of ether oxygens (including phenoxy) is 1. The van der Waals surface area contributed by atoms with E-state index in [0.29, 0.717) is 5.92 Å². The average Bonchev–Trinajstić information content (AvgIpc) is 2.74. The van der Waals surface area contributed by atoms with Crippen LogP contribution in [-0.2, 0) is 11.2 Å². The van der Waals surface area contributed by atoms with Crippen LogP contribution in [0.15, 0.2) is 24.3 Å². The molecule has 0 unspecified atom stereocenters. The van der Waals surface area contributed by atoms with Gasteiger partial charge in [-0.3, -0.25) is 0 Å². The Morgan fingerprint density at radius 1 is 1.38 bits per heavy atom. The second-order valence-electron chi connectivity index (χ2n) is 6.78. The van der Waals surface area contributed by atoms with Gasteiger partial charge < -0.3 is 10.1 Å². The number of alkyl carbamates (subject to hydrolysis) is 1. The number of hydrogen-bond acceptors (Lipinski definition) is 2. The van der Waals surface area contributed by atoms with E-state index in [0.717, 1.165) is 31.2 Å². The van der Waals surface area contributed by atoms with Crippen LogP contribution in [0.2, 0.25) is 0 Å². The van der Waals surface area contributed by atoms with Crippen molar-refractivity contribution in [2.75, 3.05) is 0 Å². The second kappa shape index (κ2) is 6.46. The first kappa shape index (κ1) is 15.8. The van der Waals surface area contributed by atoms with E-state index in [1.165, 1.54) is 6.07 Å². The molecule has 0 radical (unpaired) electrons. The van der Waals surface area contributed by atoms with Gasteiger partial charge in [0.1, 0.15) is 11.4 Å². The molecule has 0 spiro atoms. The van der Waals surface area contributed by atoms with E-state index in [1.807, 2.05) is 26.8 Å². The van der Waals surface area contributed by atoms with Crippen LogP contribution < -0.4 is 5.32 Å². The van der Waals surface area contributed by atoms with Gasteiger partial charge in [-0.05, 0) is 63.6 Å². The van der Waals surface area contributed by atoms with Crippen molar-refractivity contribution in [2.45, 2.75) is 58.1 Å².